The molecular formula is C19H24N2O4S. The minimum atomic E-state index is -3.66. The summed E-state index contributed by atoms with van der Waals surface area (Å²) in [4.78, 5) is 0.197. The van der Waals surface area contributed by atoms with Crippen molar-refractivity contribution in [1.29, 1.82) is 0 Å². The van der Waals surface area contributed by atoms with E-state index in [2.05, 4.69) is 0 Å². The smallest absolute Gasteiger partial charge is 0.243 e. The van der Waals surface area contributed by atoms with Gasteiger partial charge in [-0.15, -0.1) is 0 Å². The van der Waals surface area contributed by atoms with Gasteiger partial charge in [0.05, 0.1) is 18.1 Å². The van der Waals surface area contributed by atoms with Gasteiger partial charge in [0.15, 0.2) is 11.5 Å². The van der Waals surface area contributed by atoms with E-state index in [1.807, 2.05) is 30.3 Å². The van der Waals surface area contributed by atoms with E-state index in [1.54, 1.807) is 18.2 Å². The lowest BCUT2D eigenvalue weighted by molar-refractivity contribution is 0.296. The lowest BCUT2D eigenvalue weighted by atomic mass is 10.1. The van der Waals surface area contributed by atoms with Crippen molar-refractivity contribution in [2.45, 2.75) is 17.7 Å². The summed E-state index contributed by atoms with van der Waals surface area (Å²) >= 11 is 0. The Labute approximate surface area is 154 Å². The van der Waals surface area contributed by atoms with Gasteiger partial charge in [-0.1, -0.05) is 30.3 Å². The fourth-order valence-corrected chi connectivity index (χ4v) is 4.32. The molecule has 26 heavy (non-hydrogen) atoms. The first kappa shape index (κ1) is 18.7. The Morgan fingerprint density at radius 3 is 2.42 bits per heavy atom. The van der Waals surface area contributed by atoms with E-state index in [4.69, 9.17) is 15.2 Å². The number of hydrogen-bond donors (Lipinski definition) is 1. The van der Waals surface area contributed by atoms with Crippen LogP contribution in [-0.2, 0) is 16.4 Å². The number of ether oxygens (including phenoxy) is 2. The Bertz CT molecular complexity index is 825. The molecule has 0 fully saturated rings. The summed E-state index contributed by atoms with van der Waals surface area (Å²) in [6.45, 7) is 1.98. The van der Waals surface area contributed by atoms with Crippen LogP contribution >= 0.6 is 0 Å². The Morgan fingerprint density at radius 2 is 1.69 bits per heavy atom. The van der Waals surface area contributed by atoms with Gasteiger partial charge in [-0.05, 0) is 24.1 Å². The van der Waals surface area contributed by atoms with Crippen molar-refractivity contribution in [3.8, 4) is 11.5 Å². The van der Waals surface area contributed by atoms with Gasteiger partial charge in [0.2, 0.25) is 10.0 Å². The molecule has 2 N–H and O–H groups in total. The van der Waals surface area contributed by atoms with E-state index in [0.717, 1.165) is 12.0 Å². The Kier molecular flexibility index (Phi) is 6.13. The molecule has 1 heterocycles. The summed E-state index contributed by atoms with van der Waals surface area (Å²) in [6, 6.07) is 14.6. The standard InChI is InChI=1S/C19H24N2O4S/c20-10-12-21(11-9-16-5-2-1-3-6-16)26(22,23)17-7-8-18-19(15-17)25-14-4-13-24-18/h1-3,5-8,15H,4,9-14,20H2. The first-order valence-electron chi connectivity index (χ1n) is 8.75. The maximum Gasteiger partial charge on any atom is 0.243 e. The molecule has 0 bridgehead atoms. The van der Waals surface area contributed by atoms with Crippen LogP contribution in [0.2, 0.25) is 0 Å². The Morgan fingerprint density at radius 1 is 0.962 bits per heavy atom. The minimum Gasteiger partial charge on any atom is -0.490 e. The molecule has 1 aliphatic rings. The molecule has 2 aromatic rings. The van der Waals surface area contributed by atoms with Crippen LogP contribution in [-0.4, -0.2) is 45.6 Å². The zero-order valence-corrected chi connectivity index (χ0v) is 15.5. The van der Waals surface area contributed by atoms with Gasteiger partial charge in [-0.2, -0.15) is 4.31 Å². The van der Waals surface area contributed by atoms with Crippen molar-refractivity contribution >= 4 is 10.0 Å². The number of benzene rings is 2. The number of rotatable bonds is 7. The predicted octanol–water partition coefficient (Wildman–Crippen LogP) is 2.04. The third-order valence-corrected chi connectivity index (χ3v) is 6.12. The van der Waals surface area contributed by atoms with Gasteiger partial charge in [0.1, 0.15) is 0 Å². The predicted molar refractivity (Wildman–Crippen MR) is 100 cm³/mol. The monoisotopic (exact) mass is 376 g/mol. The molecule has 1 aliphatic heterocycles. The normalized spacial score (nSPS) is 14.2. The van der Waals surface area contributed by atoms with Crippen LogP contribution in [0.4, 0.5) is 0 Å². The molecule has 0 unspecified atom stereocenters. The van der Waals surface area contributed by atoms with Crippen molar-refractivity contribution in [1.82, 2.24) is 4.31 Å². The SMILES string of the molecule is NCCN(CCc1ccccc1)S(=O)(=O)c1ccc2c(c1)OCCCO2. The second kappa shape index (κ2) is 8.53. The van der Waals surface area contributed by atoms with Crippen LogP contribution in [0.15, 0.2) is 53.4 Å². The van der Waals surface area contributed by atoms with E-state index in [0.29, 0.717) is 37.7 Å². The molecule has 0 spiro atoms. The third kappa shape index (κ3) is 4.35. The van der Waals surface area contributed by atoms with Crippen LogP contribution in [0.1, 0.15) is 12.0 Å². The highest BCUT2D eigenvalue weighted by atomic mass is 32.2. The largest absolute Gasteiger partial charge is 0.490 e. The van der Waals surface area contributed by atoms with Crippen LogP contribution in [0.25, 0.3) is 0 Å². The van der Waals surface area contributed by atoms with Gasteiger partial charge in [-0.3, -0.25) is 0 Å². The lowest BCUT2D eigenvalue weighted by Crippen LogP contribution is -2.36. The van der Waals surface area contributed by atoms with Crippen molar-refractivity contribution in [3.63, 3.8) is 0 Å². The molecule has 0 amide bonds. The van der Waals surface area contributed by atoms with E-state index >= 15 is 0 Å². The molecule has 7 heteroatoms. The zero-order valence-electron chi connectivity index (χ0n) is 14.6. The lowest BCUT2D eigenvalue weighted by Gasteiger charge is -2.22. The maximum absolute atomic E-state index is 13.1. The molecule has 0 saturated carbocycles. The van der Waals surface area contributed by atoms with E-state index in [1.165, 1.54) is 4.31 Å². The molecule has 6 nitrogen and oxygen atoms in total. The van der Waals surface area contributed by atoms with Crippen LogP contribution in [0.3, 0.4) is 0 Å². The topological polar surface area (TPSA) is 81.9 Å². The van der Waals surface area contributed by atoms with E-state index in [-0.39, 0.29) is 18.0 Å². The number of nitrogens with zero attached hydrogens (tertiary/aromatic N) is 1. The average Bonchev–Trinajstić information content (AvgIpc) is 2.90. The van der Waals surface area contributed by atoms with Gasteiger partial charge in [0.25, 0.3) is 0 Å². The molecular weight excluding hydrogens is 352 g/mol. The maximum atomic E-state index is 13.1. The number of fused-ring (bicyclic) bond motifs is 1. The van der Waals surface area contributed by atoms with Crippen LogP contribution < -0.4 is 15.2 Å². The molecule has 0 atom stereocenters. The van der Waals surface area contributed by atoms with Gasteiger partial charge >= 0.3 is 0 Å². The molecule has 2 aromatic carbocycles. The molecule has 0 saturated heterocycles. The van der Waals surface area contributed by atoms with Gasteiger partial charge in [-0.25, -0.2) is 8.42 Å². The van der Waals surface area contributed by atoms with Crippen LogP contribution in [0.5, 0.6) is 11.5 Å². The van der Waals surface area contributed by atoms with Crippen molar-refractivity contribution < 1.29 is 17.9 Å². The Balaban J connectivity index is 1.82. The fourth-order valence-electron chi connectivity index (χ4n) is 2.85. The molecule has 140 valence electrons. The summed E-state index contributed by atoms with van der Waals surface area (Å²) in [6.07, 6.45) is 1.40. The third-order valence-electron chi connectivity index (χ3n) is 4.23. The van der Waals surface area contributed by atoms with Crippen molar-refractivity contribution in [2.24, 2.45) is 5.73 Å². The molecule has 0 aromatic heterocycles. The second-order valence-corrected chi connectivity index (χ2v) is 8.03. The van der Waals surface area contributed by atoms with Crippen molar-refractivity contribution in [3.05, 3.63) is 54.1 Å². The molecule has 0 radical (unpaired) electrons. The summed E-state index contributed by atoms with van der Waals surface area (Å²) in [5.41, 5.74) is 6.74. The summed E-state index contributed by atoms with van der Waals surface area (Å²) in [5, 5.41) is 0. The quantitative estimate of drug-likeness (QED) is 0.800. The summed E-state index contributed by atoms with van der Waals surface area (Å²) < 4.78 is 38.8. The Hall–Kier alpha value is -2.09. The highest BCUT2D eigenvalue weighted by molar-refractivity contribution is 7.89. The highest BCUT2D eigenvalue weighted by Crippen LogP contribution is 2.32. The van der Waals surface area contributed by atoms with E-state index < -0.39 is 10.0 Å². The molecule has 3 rings (SSSR count). The zero-order chi connectivity index (χ0) is 18.4. The van der Waals surface area contributed by atoms with E-state index in [9.17, 15) is 8.42 Å². The number of sulfonamides is 1. The first-order valence-corrected chi connectivity index (χ1v) is 10.2. The van der Waals surface area contributed by atoms with Crippen molar-refractivity contribution in [2.75, 3.05) is 32.8 Å². The van der Waals surface area contributed by atoms with Gasteiger partial charge < -0.3 is 15.2 Å². The second-order valence-electron chi connectivity index (χ2n) is 6.09. The first-order chi connectivity index (χ1) is 12.6. The number of hydrogen-bond acceptors (Lipinski definition) is 5. The van der Waals surface area contributed by atoms with Crippen LogP contribution in [0, 0.1) is 0 Å². The average molecular weight is 376 g/mol. The number of nitrogens with two attached hydrogens (primary N) is 1. The van der Waals surface area contributed by atoms with Gasteiger partial charge in [0, 0.05) is 32.1 Å². The molecule has 0 aliphatic carbocycles. The fraction of sp³-hybridized carbons (Fsp3) is 0.368. The minimum absolute atomic E-state index is 0.197. The summed E-state index contributed by atoms with van der Waals surface area (Å²) in [7, 11) is -3.66. The summed E-state index contributed by atoms with van der Waals surface area (Å²) in [5.74, 6) is 1.05. The highest BCUT2D eigenvalue weighted by Gasteiger charge is 2.25.